The molecule has 0 saturated carbocycles. The van der Waals surface area contributed by atoms with Crippen LogP contribution in [0.2, 0.25) is 0 Å². The molecule has 0 aliphatic heterocycles. The zero-order valence-corrected chi connectivity index (χ0v) is 11.4. The van der Waals surface area contributed by atoms with Crippen LogP contribution < -0.4 is 0 Å². The van der Waals surface area contributed by atoms with Gasteiger partial charge in [-0.25, -0.2) is 8.42 Å². The largest absolute Gasteiger partial charge is 0.417 e. The number of hydrogen-bond donors (Lipinski definition) is 0. The molecule has 0 aliphatic rings. The fourth-order valence-corrected chi connectivity index (χ4v) is 3.12. The summed E-state index contributed by atoms with van der Waals surface area (Å²) in [5.74, 6) is 0. The minimum absolute atomic E-state index is 0.179. The van der Waals surface area contributed by atoms with Gasteiger partial charge in [0.25, 0.3) is 0 Å². The monoisotopic (exact) mass is 414 g/mol. The van der Waals surface area contributed by atoms with Crippen molar-refractivity contribution in [1.82, 2.24) is 0 Å². The average Bonchev–Trinajstić information content (AvgIpc) is 2.00. The van der Waals surface area contributed by atoms with Crippen LogP contribution in [-0.2, 0) is 13.2 Å². The molecule has 0 N–H and O–H groups in total. The summed E-state index contributed by atoms with van der Waals surface area (Å²) in [6.45, 7) is 0. The Bertz CT molecular complexity index is 483. The van der Waals surface area contributed by atoms with Crippen LogP contribution in [0.15, 0.2) is 27.6 Å². The lowest BCUT2D eigenvalue weighted by molar-refractivity contribution is -0.139. The standard InChI is InChI=1S/C7H3BrF3IO2S/c8-4-1-2-6(15(12,13)14)5(3-4)7(9,10)11/h1-3H. The first-order valence-corrected chi connectivity index (χ1v) is 8.25. The van der Waals surface area contributed by atoms with E-state index in [4.69, 9.17) is 0 Å². The summed E-state index contributed by atoms with van der Waals surface area (Å²) in [5.41, 5.74) is -1.16. The SMILES string of the molecule is O=S(=O)(I)c1ccc(Br)cc1C(F)(F)F. The molecule has 84 valence electrons. The molecule has 1 aromatic carbocycles. The Hall–Kier alpha value is 0.170. The first-order chi connectivity index (χ1) is 6.62. The highest BCUT2D eigenvalue weighted by Gasteiger charge is 2.36. The van der Waals surface area contributed by atoms with Crippen molar-refractivity contribution in [3.63, 3.8) is 0 Å². The van der Waals surface area contributed by atoms with Crippen molar-refractivity contribution in [2.45, 2.75) is 11.1 Å². The van der Waals surface area contributed by atoms with Crippen molar-refractivity contribution >= 4 is 44.1 Å². The molecule has 0 heterocycles. The van der Waals surface area contributed by atoms with Crippen molar-refractivity contribution in [2.75, 3.05) is 0 Å². The molecule has 2 nitrogen and oxygen atoms in total. The first-order valence-electron chi connectivity index (χ1n) is 3.44. The molecule has 0 bridgehead atoms. The summed E-state index contributed by atoms with van der Waals surface area (Å²) in [7, 11) is -3.90. The normalized spacial score (nSPS) is 12.9. The van der Waals surface area contributed by atoms with Gasteiger partial charge in [-0.05, 0) is 18.2 Å². The van der Waals surface area contributed by atoms with Crippen molar-refractivity contribution in [1.29, 1.82) is 0 Å². The van der Waals surface area contributed by atoms with Gasteiger partial charge in [0.05, 0.1) is 31.7 Å². The summed E-state index contributed by atoms with van der Waals surface area (Å²) >= 11 is 3.83. The minimum Gasteiger partial charge on any atom is -0.213 e. The maximum Gasteiger partial charge on any atom is 0.417 e. The van der Waals surface area contributed by atoms with E-state index in [1.165, 1.54) is 6.07 Å². The number of hydrogen-bond acceptors (Lipinski definition) is 2. The number of alkyl halides is 3. The van der Waals surface area contributed by atoms with Crippen LogP contribution in [0.25, 0.3) is 0 Å². The van der Waals surface area contributed by atoms with Gasteiger partial charge in [-0.15, -0.1) is 0 Å². The molecule has 0 amide bonds. The second-order valence-electron chi connectivity index (χ2n) is 2.58. The molecule has 0 aliphatic carbocycles. The van der Waals surface area contributed by atoms with Gasteiger partial charge in [0.2, 0.25) is 7.01 Å². The maximum absolute atomic E-state index is 12.5. The third kappa shape index (κ3) is 3.31. The van der Waals surface area contributed by atoms with Crippen molar-refractivity contribution in [2.24, 2.45) is 0 Å². The molecule has 15 heavy (non-hydrogen) atoms. The van der Waals surface area contributed by atoms with Gasteiger partial charge in [0, 0.05) is 4.47 Å². The van der Waals surface area contributed by atoms with Gasteiger partial charge in [-0.2, -0.15) is 13.2 Å². The molecular weight excluding hydrogens is 412 g/mol. The van der Waals surface area contributed by atoms with Gasteiger partial charge >= 0.3 is 6.18 Å². The minimum atomic E-state index is -4.68. The predicted molar refractivity (Wildman–Crippen MR) is 60.3 cm³/mol. The average molecular weight is 415 g/mol. The first kappa shape index (κ1) is 13.2. The Morgan fingerprint density at radius 2 is 1.80 bits per heavy atom. The molecule has 0 aromatic heterocycles. The van der Waals surface area contributed by atoms with Gasteiger partial charge in [0.1, 0.15) is 0 Å². The van der Waals surface area contributed by atoms with Crippen LogP contribution in [0.1, 0.15) is 5.56 Å². The predicted octanol–water partition coefficient (Wildman–Crippen LogP) is 3.59. The highest BCUT2D eigenvalue weighted by atomic mass is 127. The lowest BCUT2D eigenvalue weighted by Crippen LogP contribution is -2.10. The van der Waals surface area contributed by atoms with Crippen LogP contribution in [0.3, 0.4) is 0 Å². The second kappa shape index (κ2) is 4.21. The molecule has 0 spiro atoms. The fourth-order valence-electron chi connectivity index (χ4n) is 0.936. The second-order valence-corrected chi connectivity index (χ2v) is 8.29. The molecule has 1 aromatic rings. The molecule has 0 fully saturated rings. The van der Waals surface area contributed by atoms with E-state index in [2.05, 4.69) is 15.9 Å². The highest BCUT2D eigenvalue weighted by Crippen LogP contribution is 2.37. The maximum atomic E-state index is 12.5. The topological polar surface area (TPSA) is 34.1 Å². The summed E-state index contributed by atoms with van der Waals surface area (Å²) in [5, 5.41) is 0. The van der Waals surface area contributed by atoms with Crippen LogP contribution in [-0.4, -0.2) is 8.42 Å². The Morgan fingerprint density at radius 1 is 1.27 bits per heavy atom. The molecule has 0 unspecified atom stereocenters. The number of benzene rings is 1. The van der Waals surface area contributed by atoms with E-state index >= 15 is 0 Å². The van der Waals surface area contributed by atoms with E-state index in [9.17, 15) is 21.6 Å². The van der Waals surface area contributed by atoms with Crippen LogP contribution in [0.5, 0.6) is 0 Å². The summed E-state index contributed by atoms with van der Waals surface area (Å²) < 4.78 is 59.8. The third-order valence-electron chi connectivity index (χ3n) is 1.51. The van der Waals surface area contributed by atoms with Crippen LogP contribution >= 0.6 is 37.1 Å². The zero-order chi connectivity index (χ0) is 11.9. The van der Waals surface area contributed by atoms with E-state index < -0.39 is 23.6 Å². The lowest BCUT2D eigenvalue weighted by atomic mass is 10.2. The summed E-state index contributed by atoms with van der Waals surface area (Å²) in [6, 6.07) is 2.92. The van der Waals surface area contributed by atoms with E-state index in [-0.39, 0.29) is 4.47 Å². The molecule has 0 saturated heterocycles. The van der Waals surface area contributed by atoms with Crippen LogP contribution in [0, 0.1) is 0 Å². The Kier molecular flexibility index (Phi) is 3.71. The van der Waals surface area contributed by atoms with Crippen molar-refractivity contribution in [3.8, 4) is 0 Å². The molecule has 8 heteroatoms. The molecule has 0 atom stereocenters. The zero-order valence-electron chi connectivity index (χ0n) is 6.85. The molecule has 1 rings (SSSR count). The Balaban J connectivity index is 3.55. The van der Waals surface area contributed by atoms with Crippen LogP contribution in [0.4, 0.5) is 13.2 Å². The third-order valence-corrected chi connectivity index (χ3v) is 4.31. The quantitative estimate of drug-likeness (QED) is 0.519. The Morgan fingerprint density at radius 3 is 2.20 bits per heavy atom. The van der Waals surface area contributed by atoms with Gasteiger partial charge in [0.15, 0.2) is 0 Å². The van der Waals surface area contributed by atoms with E-state index in [1.54, 1.807) is 0 Å². The number of halogens is 5. The summed E-state index contributed by atoms with van der Waals surface area (Å²) in [4.78, 5) is -0.723. The van der Waals surface area contributed by atoms with Crippen molar-refractivity contribution < 1.29 is 21.6 Å². The fraction of sp³-hybridized carbons (Fsp3) is 0.143. The van der Waals surface area contributed by atoms with Crippen molar-refractivity contribution in [3.05, 3.63) is 28.2 Å². The molecule has 0 radical (unpaired) electrons. The lowest BCUT2D eigenvalue weighted by Gasteiger charge is -2.10. The van der Waals surface area contributed by atoms with E-state index in [0.29, 0.717) is 0 Å². The van der Waals surface area contributed by atoms with Gasteiger partial charge in [-0.3, -0.25) is 0 Å². The Labute approximate surface area is 104 Å². The van der Waals surface area contributed by atoms with E-state index in [1.807, 2.05) is 0 Å². The smallest absolute Gasteiger partial charge is 0.213 e. The molecular formula is C7H3BrF3IO2S. The van der Waals surface area contributed by atoms with Gasteiger partial charge < -0.3 is 0 Å². The number of rotatable bonds is 1. The summed E-state index contributed by atoms with van der Waals surface area (Å²) in [6.07, 6.45) is -4.68. The van der Waals surface area contributed by atoms with E-state index in [0.717, 1.165) is 33.3 Å². The highest BCUT2D eigenvalue weighted by molar-refractivity contribution is 14.2. The van der Waals surface area contributed by atoms with Gasteiger partial charge in [-0.1, -0.05) is 15.9 Å².